The molecule has 1 aliphatic heterocycles. The van der Waals surface area contributed by atoms with E-state index in [-0.39, 0.29) is 6.04 Å². The van der Waals surface area contributed by atoms with Gasteiger partial charge < -0.3 is 15.7 Å². The molecule has 0 aromatic heterocycles. The summed E-state index contributed by atoms with van der Waals surface area (Å²) in [6, 6.07) is 0.155. The summed E-state index contributed by atoms with van der Waals surface area (Å²) in [5.41, 5.74) is 0. The maximum atomic E-state index is 10.2. The zero-order valence-electron chi connectivity index (χ0n) is 6.47. The van der Waals surface area contributed by atoms with E-state index in [1.54, 1.807) is 0 Å². The van der Waals surface area contributed by atoms with Gasteiger partial charge in [0.05, 0.1) is 0 Å². The van der Waals surface area contributed by atoms with E-state index in [1.807, 2.05) is 0 Å². The molecule has 0 bridgehead atoms. The smallest absolute Gasteiger partial charge is 0.404 e. The van der Waals surface area contributed by atoms with Crippen LogP contribution >= 0.6 is 0 Å². The number of hydrogen-bond donors (Lipinski definition) is 3. The van der Waals surface area contributed by atoms with Crippen molar-refractivity contribution in [3.05, 3.63) is 0 Å². The molecule has 0 spiro atoms. The molecule has 11 heavy (non-hydrogen) atoms. The van der Waals surface area contributed by atoms with Crippen molar-refractivity contribution in [2.45, 2.75) is 25.3 Å². The molecule has 4 nitrogen and oxygen atoms in total. The Balaban J connectivity index is 2.25. The molecule has 0 radical (unpaired) electrons. The molecule has 0 unspecified atom stereocenters. The molecule has 1 heterocycles. The standard InChI is InChI=1S/C7H14N2O2/c10-7(11)9-6-2-1-4-8-5-3-6/h6,8-9H,1-5H2,(H,10,11)/t6-/m0/s1. The topological polar surface area (TPSA) is 61.4 Å². The molecular weight excluding hydrogens is 144 g/mol. The first-order chi connectivity index (χ1) is 5.29. The minimum atomic E-state index is -0.906. The summed E-state index contributed by atoms with van der Waals surface area (Å²) in [6.07, 6.45) is 2.02. The largest absolute Gasteiger partial charge is 0.465 e. The predicted octanol–water partition coefficient (Wildman–Crippen LogP) is 0.396. The maximum Gasteiger partial charge on any atom is 0.404 e. The Morgan fingerprint density at radius 2 is 2.27 bits per heavy atom. The fraction of sp³-hybridized carbons (Fsp3) is 0.857. The lowest BCUT2D eigenvalue weighted by Crippen LogP contribution is -2.34. The average molecular weight is 158 g/mol. The van der Waals surface area contributed by atoms with Gasteiger partial charge in [-0.3, -0.25) is 0 Å². The van der Waals surface area contributed by atoms with Crippen LogP contribution < -0.4 is 10.6 Å². The fourth-order valence-electron chi connectivity index (χ4n) is 1.34. The van der Waals surface area contributed by atoms with Crippen molar-refractivity contribution in [2.24, 2.45) is 0 Å². The molecule has 1 fully saturated rings. The molecule has 1 atom stereocenters. The lowest BCUT2D eigenvalue weighted by atomic mass is 10.1. The van der Waals surface area contributed by atoms with E-state index in [2.05, 4.69) is 10.6 Å². The monoisotopic (exact) mass is 158 g/mol. The minimum absolute atomic E-state index is 0.155. The molecule has 0 aromatic rings. The van der Waals surface area contributed by atoms with Crippen molar-refractivity contribution in [3.63, 3.8) is 0 Å². The Hall–Kier alpha value is -0.770. The number of hydrogen-bond acceptors (Lipinski definition) is 2. The third-order valence-electron chi connectivity index (χ3n) is 1.90. The van der Waals surface area contributed by atoms with E-state index in [4.69, 9.17) is 5.11 Å². The summed E-state index contributed by atoms with van der Waals surface area (Å²) in [5, 5.41) is 14.1. The summed E-state index contributed by atoms with van der Waals surface area (Å²) in [7, 11) is 0. The quantitative estimate of drug-likeness (QED) is 0.517. The van der Waals surface area contributed by atoms with Crippen LogP contribution in [0.1, 0.15) is 19.3 Å². The van der Waals surface area contributed by atoms with Crippen molar-refractivity contribution >= 4 is 6.09 Å². The normalized spacial score (nSPS) is 25.6. The van der Waals surface area contributed by atoms with Crippen LogP contribution in [0.3, 0.4) is 0 Å². The number of nitrogens with one attached hydrogen (secondary N) is 2. The van der Waals surface area contributed by atoms with Gasteiger partial charge in [-0.25, -0.2) is 4.79 Å². The summed E-state index contributed by atoms with van der Waals surface area (Å²) in [5.74, 6) is 0. The first kappa shape index (κ1) is 8.33. The minimum Gasteiger partial charge on any atom is -0.465 e. The van der Waals surface area contributed by atoms with Gasteiger partial charge in [-0.2, -0.15) is 0 Å². The maximum absolute atomic E-state index is 10.2. The lowest BCUT2D eigenvalue weighted by Gasteiger charge is -2.12. The predicted molar refractivity (Wildman–Crippen MR) is 41.7 cm³/mol. The molecular formula is C7H14N2O2. The first-order valence-corrected chi connectivity index (χ1v) is 3.99. The van der Waals surface area contributed by atoms with Crippen molar-refractivity contribution in [3.8, 4) is 0 Å². The van der Waals surface area contributed by atoms with Gasteiger partial charge in [0, 0.05) is 6.04 Å². The number of carbonyl (C=O) groups is 1. The molecule has 4 heteroatoms. The molecule has 3 N–H and O–H groups in total. The lowest BCUT2D eigenvalue weighted by molar-refractivity contribution is 0.188. The van der Waals surface area contributed by atoms with Crippen LogP contribution in [0.5, 0.6) is 0 Å². The van der Waals surface area contributed by atoms with E-state index in [9.17, 15) is 4.79 Å². The molecule has 0 saturated carbocycles. The Bertz CT molecular complexity index is 130. The summed E-state index contributed by atoms with van der Waals surface area (Å²) >= 11 is 0. The highest BCUT2D eigenvalue weighted by Crippen LogP contribution is 2.04. The van der Waals surface area contributed by atoms with Crippen LogP contribution in [-0.2, 0) is 0 Å². The molecule has 1 saturated heterocycles. The highest BCUT2D eigenvalue weighted by Gasteiger charge is 2.12. The van der Waals surface area contributed by atoms with Crippen LogP contribution in [0.4, 0.5) is 4.79 Å². The van der Waals surface area contributed by atoms with Crippen LogP contribution in [0.15, 0.2) is 0 Å². The van der Waals surface area contributed by atoms with Crippen molar-refractivity contribution in [1.82, 2.24) is 10.6 Å². The summed E-state index contributed by atoms with van der Waals surface area (Å²) < 4.78 is 0. The van der Waals surface area contributed by atoms with Crippen molar-refractivity contribution < 1.29 is 9.90 Å². The Kier molecular flexibility index (Phi) is 3.16. The highest BCUT2D eigenvalue weighted by molar-refractivity contribution is 5.64. The van der Waals surface area contributed by atoms with Crippen LogP contribution in [0.2, 0.25) is 0 Å². The fourth-order valence-corrected chi connectivity index (χ4v) is 1.34. The van der Waals surface area contributed by atoms with Gasteiger partial charge in [0.2, 0.25) is 0 Å². The summed E-state index contributed by atoms with van der Waals surface area (Å²) in [4.78, 5) is 10.2. The second-order valence-electron chi connectivity index (χ2n) is 2.83. The van der Waals surface area contributed by atoms with Crippen molar-refractivity contribution in [2.75, 3.05) is 13.1 Å². The van der Waals surface area contributed by atoms with Crippen LogP contribution in [0.25, 0.3) is 0 Å². The third kappa shape index (κ3) is 3.23. The van der Waals surface area contributed by atoms with E-state index in [0.717, 1.165) is 32.4 Å². The third-order valence-corrected chi connectivity index (χ3v) is 1.90. The van der Waals surface area contributed by atoms with Gasteiger partial charge >= 0.3 is 6.09 Å². The Morgan fingerprint density at radius 3 is 3.00 bits per heavy atom. The molecule has 1 rings (SSSR count). The first-order valence-electron chi connectivity index (χ1n) is 3.99. The van der Waals surface area contributed by atoms with E-state index >= 15 is 0 Å². The highest BCUT2D eigenvalue weighted by atomic mass is 16.4. The van der Waals surface area contributed by atoms with Gasteiger partial charge in [-0.05, 0) is 32.4 Å². The van der Waals surface area contributed by atoms with E-state index in [1.165, 1.54) is 0 Å². The summed E-state index contributed by atoms with van der Waals surface area (Å²) in [6.45, 7) is 1.93. The zero-order valence-corrected chi connectivity index (χ0v) is 6.47. The van der Waals surface area contributed by atoms with Crippen LogP contribution in [-0.4, -0.2) is 30.3 Å². The van der Waals surface area contributed by atoms with Gasteiger partial charge in [0.15, 0.2) is 0 Å². The average Bonchev–Trinajstić information content (AvgIpc) is 2.14. The van der Waals surface area contributed by atoms with Gasteiger partial charge in [0.25, 0.3) is 0 Å². The van der Waals surface area contributed by atoms with Gasteiger partial charge in [-0.15, -0.1) is 0 Å². The number of amides is 1. The molecule has 64 valence electrons. The van der Waals surface area contributed by atoms with Crippen LogP contribution in [0, 0.1) is 0 Å². The molecule has 0 aliphatic carbocycles. The second-order valence-corrected chi connectivity index (χ2v) is 2.83. The van der Waals surface area contributed by atoms with Gasteiger partial charge in [0.1, 0.15) is 0 Å². The van der Waals surface area contributed by atoms with Gasteiger partial charge in [-0.1, -0.05) is 0 Å². The number of rotatable bonds is 1. The molecule has 1 aliphatic rings. The van der Waals surface area contributed by atoms with Crippen molar-refractivity contribution in [1.29, 1.82) is 0 Å². The molecule has 0 aromatic carbocycles. The number of carboxylic acid groups (broad SMARTS) is 1. The Labute approximate surface area is 66.0 Å². The van der Waals surface area contributed by atoms with E-state index < -0.39 is 6.09 Å². The Morgan fingerprint density at radius 1 is 1.45 bits per heavy atom. The zero-order chi connectivity index (χ0) is 8.10. The second kappa shape index (κ2) is 4.18. The molecule has 1 amide bonds. The van der Waals surface area contributed by atoms with E-state index in [0.29, 0.717) is 0 Å². The SMILES string of the molecule is O=C(O)N[C@H]1CCCNCC1.